The number of benzene rings is 1. The SMILES string of the molecule is N#Cc1ccc(CNCCn2ccccc2=O)cc1. The molecule has 96 valence electrons. The van der Waals surface area contributed by atoms with E-state index in [4.69, 9.17) is 5.26 Å². The molecular weight excluding hydrogens is 238 g/mol. The first-order valence-electron chi connectivity index (χ1n) is 6.15. The van der Waals surface area contributed by atoms with Gasteiger partial charge in [-0.05, 0) is 23.8 Å². The van der Waals surface area contributed by atoms with Crippen molar-refractivity contribution < 1.29 is 0 Å². The number of nitriles is 1. The molecule has 0 aliphatic carbocycles. The molecule has 0 aliphatic heterocycles. The van der Waals surface area contributed by atoms with Crippen LogP contribution in [-0.2, 0) is 13.1 Å². The Labute approximate surface area is 111 Å². The van der Waals surface area contributed by atoms with Crippen LogP contribution in [0, 0.1) is 11.3 Å². The van der Waals surface area contributed by atoms with Crippen LogP contribution >= 0.6 is 0 Å². The predicted octanol–water partition coefficient (Wildman–Crippen LogP) is 1.51. The predicted molar refractivity (Wildman–Crippen MR) is 73.6 cm³/mol. The van der Waals surface area contributed by atoms with Gasteiger partial charge in [0.15, 0.2) is 0 Å². The van der Waals surface area contributed by atoms with Crippen LogP contribution in [0.1, 0.15) is 11.1 Å². The summed E-state index contributed by atoms with van der Waals surface area (Å²) in [6.07, 6.45) is 1.78. The van der Waals surface area contributed by atoms with Gasteiger partial charge in [0.05, 0.1) is 11.6 Å². The minimum atomic E-state index is 0.0164. The molecule has 4 nitrogen and oxygen atoms in total. The van der Waals surface area contributed by atoms with Crippen molar-refractivity contribution in [1.82, 2.24) is 9.88 Å². The molecule has 0 radical (unpaired) electrons. The molecule has 1 aromatic carbocycles. The second-order valence-electron chi connectivity index (χ2n) is 4.22. The van der Waals surface area contributed by atoms with Crippen LogP contribution in [0.4, 0.5) is 0 Å². The number of rotatable bonds is 5. The van der Waals surface area contributed by atoms with Crippen LogP contribution in [0.25, 0.3) is 0 Å². The summed E-state index contributed by atoms with van der Waals surface area (Å²) in [6, 6.07) is 14.7. The Morgan fingerprint density at radius 1 is 1.16 bits per heavy atom. The van der Waals surface area contributed by atoms with Gasteiger partial charge in [0.25, 0.3) is 5.56 Å². The van der Waals surface area contributed by atoms with Crippen LogP contribution < -0.4 is 10.9 Å². The molecule has 0 saturated carbocycles. The fraction of sp³-hybridized carbons (Fsp3) is 0.200. The smallest absolute Gasteiger partial charge is 0.250 e. The van der Waals surface area contributed by atoms with Gasteiger partial charge in [-0.1, -0.05) is 18.2 Å². The Morgan fingerprint density at radius 3 is 2.63 bits per heavy atom. The molecule has 1 N–H and O–H groups in total. The molecule has 1 heterocycles. The number of hydrogen-bond donors (Lipinski definition) is 1. The van der Waals surface area contributed by atoms with E-state index in [0.717, 1.165) is 18.7 Å². The topological polar surface area (TPSA) is 57.8 Å². The molecule has 0 aliphatic rings. The average molecular weight is 253 g/mol. The third-order valence-corrected chi connectivity index (χ3v) is 2.84. The van der Waals surface area contributed by atoms with Crippen LogP contribution in [0.3, 0.4) is 0 Å². The lowest BCUT2D eigenvalue weighted by Crippen LogP contribution is -2.25. The Kier molecular flexibility index (Phi) is 4.49. The molecule has 1 aromatic heterocycles. The van der Waals surface area contributed by atoms with E-state index in [1.165, 1.54) is 0 Å². The highest BCUT2D eigenvalue weighted by molar-refractivity contribution is 5.31. The second kappa shape index (κ2) is 6.53. The fourth-order valence-electron chi connectivity index (χ4n) is 1.77. The summed E-state index contributed by atoms with van der Waals surface area (Å²) in [7, 11) is 0. The van der Waals surface area contributed by atoms with Gasteiger partial charge in [0.2, 0.25) is 0 Å². The van der Waals surface area contributed by atoms with Gasteiger partial charge >= 0.3 is 0 Å². The summed E-state index contributed by atoms with van der Waals surface area (Å²) in [6.45, 7) is 2.10. The van der Waals surface area contributed by atoms with Crippen molar-refractivity contribution in [3.8, 4) is 6.07 Å². The lowest BCUT2D eigenvalue weighted by atomic mass is 10.1. The molecule has 2 aromatic rings. The molecule has 0 spiro atoms. The highest BCUT2D eigenvalue weighted by atomic mass is 16.1. The molecule has 0 amide bonds. The summed E-state index contributed by atoms with van der Waals surface area (Å²) in [5.74, 6) is 0. The van der Waals surface area contributed by atoms with Crippen molar-refractivity contribution in [2.75, 3.05) is 6.54 Å². The van der Waals surface area contributed by atoms with Gasteiger partial charge in [-0.2, -0.15) is 5.26 Å². The summed E-state index contributed by atoms with van der Waals surface area (Å²) in [4.78, 5) is 11.5. The average Bonchev–Trinajstić information content (AvgIpc) is 2.46. The number of hydrogen-bond acceptors (Lipinski definition) is 3. The number of nitrogens with zero attached hydrogens (tertiary/aromatic N) is 2. The van der Waals surface area contributed by atoms with Crippen LogP contribution in [-0.4, -0.2) is 11.1 Å². The minimum Gasteiger partial charge on any atom is -0.314 e. The van der Waals surface area contributed by atoms with Crippen molar-refractivity contribution in [1.29, 1.82) is 5.26 Å². The van der Waals surface area contributed by atoms with Gasteiger partial charge in [-0.3, -0.25) is 4.79 Å². The molecule has 19 heavy (non-hydrogen) atoms. The first kappa shape index (κ1) is 13.1. The largest absolute Gasteiger partial charge is 0.314 e. The summed E-state index contributed by atoms with van der Waals surface area (Å²) < 4.78 is 1.67. The number of aromatic nitrogens is 1. The van der Waals surface area contributed by atoms with Crippen molar-refractivity contribution in [2.24, 2.45) is 0 Å². The lowest BCUT2D eigenvalue weighted by Gasteiger charge is -2.07. The Hall–Kier alpha value is -2.38. The van der Waals surface area contributed by atoms with E-state index in [1.54, 1.807) is 35.0 Å². The van der Waals surface area contributed by atoms with E-state index in [9.17, 15) is 4.79 Å². The monoisotopic (exact) mass is 253 g/mol. The van der Waals surface area contributed by atoms with Crippen LogP contribution in [0.15, 0.2) is 53.5 Å². The van der Waals surface area contributed by atoms with E-state index in [-0.39, 0.29) is 5.56 Å². The second-order valence-corrected chi connectivity index (χ2v) is 4.22. The fourth-order valence-corrected chi connectivity index (χ4v) is 1.77. The van der Waals surface area contributed by atoms with Gasteiger partial charge in [0, 0.05) is 31.9 Å². The number of pyridine rings is 1. The summed E-state index contributed by atoms with van der Waals surface area (Å²) >= 11 is 0. The molecule has 2 rings (SSSR count). The van der Waals surface area contributed by atoms with Gasteiger partial charge in [-0.25, -0.2) is 0 Å². The van der Waals surface area contributed by atoms with Crippen molar-refractivity contribution >= 4 is 0 Å². The molecular formula is C15H15N3O. The van der Waals surface area contributed by atoms with Crippen molar-refractivity contribution in [3.63, 3.8) is 0 Å². The summed E-state index contributed by atoms with van der Waals surface area (Å²) in [5, 5.41) is 12.0. The van der Waals surface area contributed by atoms with Crippen molar-refractivity contribution in [2.45, 2.75) is 13.1 Å². The van der Waals surface area contributed by atoms with Crippen LogP contribution in [0.2, 0.25) is 0 Å². The maximum Gasteiger partial charge on any atom is 0.250 e. The van der Waals surface area contributed by atoms with Crippen LogP contribution in [0.5, 0.6) is 0 Å². The Bertz CT molecular complexity index is 623. The van der Waals surface area contributed by atoms with E-state index in [0.29, 0.717) is 12.1 Å². The molecule has 0 fully saturated rings. The maximum absolute atomic E-state index is 11.5. The van der Waals surface area contributed by atoms with Gasteiger partial charge in [-0.15, -0.1) is 0 Å². The first-order valence-corrected chi connectivity index (χ1v) is 6.15. The van der Waals surface area contributed by atoms with E-state index < -0.39 is 0 Å². The maximum atomic E-state index is 11.5. The summed E-state index contributed by atoms with van der Waals surface area (Å²) in [5.41, 5.74) is 1.81. The molecule has 0 saturated heterocycles. The zero-order valence-corrected chi connectivity index (χ0v) is 10.5. The van der Waals surface area contributed by atoms with Gasteiger partial charge in [0.1, 0.15) is 0 Å². The zero-order chi connectivity index (χ0) is 13.5. The van der Waals surface area contributed by atoms with E-state index in [1.807, 2.05) is 18.2 Å². The standard InChI is InChI=1S/C15H15N3O/c16-11-13-4-6-14(7-5-13)12-17-8-10-18-9-2-1-3-15(18)19/h1-7,9,17H,8,10,12H2. The highest BCUT2D eigenvalue weighted by Crippen LogP contribution is 2.02. The van der Waals surface area contributed by atoms with Crippen molar-refractivity contribution in [3.05, 3.63) is 70.1 Å². The Morgan fingerprint density at radius 2 is 1.95 bits per heavy atom. The van der Waals surface area contributed by atoms with E-state index >= 15 is 0 Å². The normalized spacial score (nSPS) is 10.1. The quantitative estimate of drug-likeness (QED) is 0.822. The molecule has 4 heteroatoms. The molecule has 0 bridgehead atoms. The van der Waals surface area contributed by atoms with E-state index in [2.05, 4.69) is 11.4 Å². The third kappa shape index (κ3) is 3.80. The number of nitrogens with one attached hydrogen (secondary N) is 1. The highest BCUT2D eigenvalue weighted by Gasteiger charge is 1.95. The first-order chi connectivity index (χ1) is 9.29. The molecule has 0 atom stereocenters. The minimum absolute atomic E-state index is 0.0164. The molecule has 0 unspecified atom stereocenters. The Balaban J connectivity index is 1.79. The van der Waals surface area contributed by atoms with Gasteiger partial charge < -0.3 is 9.88 Å². The lowest BCUT2D eigenvalue weighted by molar-refractivity contribution is 0.585. The third-order valence-electron chi connectivity index (χ3n) is 2.84. The zero-order valence-electron chi connectivity index (χ0n) is 10.5.